The second-order valence-corrected chi connectivity index (χ2v) is 8.05. The maximum Gasteiger partial charge on any atom is 0.260 e. The van der Waals surface area contributed by atoms with Gasteiger partial charge in [0.1, 0.15) is 11.6 Å². The summed E-state index contributed by atoms with van der Waals surface area (Å²) in [7, 11) is 0. The second kappa shape index (κ2) is 10.9. The van der Waals surface area contributed by atoms with Crippen LogP contribution in [0.3, 0.4) is 0 Å². The molecule has 31 heavy (non-hydrogen) atoms. The molecule has 166 valence electrons. The number of benzene rings is 2. The molecule has 6 nitrogen and oxygen atoms in total. The Hall–Kier alpha value is -2.93. The number of amides is 2. The van der Waals surface area contributed by atoms with Gasteiger partial charge in [0.25, 0.3) is 11.8 Å². The Bertz CT molecular complexity index is 858. The molecule has 3 rings (SSSR count). The van der Waals surface area contributed by atoms with Crippen LogP contribution < -0.4 is 4.74 Å². The molecule has 7 heteroatoms. The molecule has 0 aromatic heterocycles. The summed E-state index contributed by atoms with van der Waals surface area (Å²) in [5.74, 6) is 0.258. The van der Waals surface area contributed by atoms with Crippen molar-refractivity contribution in [3.05, 3.63) is 66.0 Å². The summed E-state index contributed by atoms with van der Waals surface area (Å²) in [6.07, 6.45) is -0.294. The van der Waals surface area contributed by atoms with Crippen LogP contribution in [-0.4, -0.2) is 67.1 Å². The molecule has 1 aliphatic heterocycles. The van der Waals surface area contributed by atoms with E-state index in [1.807, 2.05) is 44.2 Å². The summed E-state index contributed by atoms with van der Waals surface area (Å²) in [5.41, 5.74) is 0.438. The van der Waals surface area contributed by atoms with Gasteiger partial charge in [0.05, 0.1) is 12.7 Å². The first-order valence-corrected chi connectivity index (χ1v) is 10.5. The number of carbonyl (C=O) groups excluding carboxylic acids is 2. The Morgan fingerprint density at radius 1 is 1.16 bits per heavy atom. The smallest absolute Gasteiger partial charge is 0.260 e. The number of morpholine rings is 1. The van der Waals surface area contributed by atoms with Crippen LogP contribution in [0.4, 0.5) is 4.39 Å². The van der Waals surface area contributed by atoms with E-state index in [9.17, 15) is 14.0 Å². The third kappa shape index (κ3) is 6.79. The number of nitrogens with zero attached hydrogens (tertiary/aromatic N) is 2. The van der Waals surface area contributed by atoms with Crippen molar-refractivity contribution in [1.82, 2.24) is 9.80 Å². The molecule has 1 heterocycles. The highest BCUT2D eigenvalue weighted by molar-refractivity contribution is 5.94. The van der Waals surface area contributed by atoms with Crippen LogP contribution in [-0.2, 0) is 9.53 Å². The summed E-state index contributed by atoms with van der Waals surface area (Å²) in [5, 5.41) is 0. The molecule has 0 aliphatic carbocycles. The number of para-hydroxylation sites is 1. The van der Waals surface area contributed by atoms with Crippen molar-refractivity contribution in [2.45, 2.75) is 20.0 Å². The number of halogens is 1. The van der Waals surface area contributed by atoms with Gasteiger partial charge >= 0.3 is 0 Å². The predicted octanol–water partition coefficient (Wildman–Crippen LogP) is 3.23. The van der Waals surface area contributed by atoms with E-state index in [1.54, 1.807) is 9.80 Å². The van der Waals surface area contributed by atoms with Crippen LogP contribution in [0.5, 0.6) is 5.75 Å². The predicted molar refractivity (Wildman–Crippen MR) is 115 cm³/mol. The van der Waals surface area contributed by atoms with Crippen molar-refractivity contribution in [2.75, 3.05) is 39.4 Å². The maximum atomic E-state index is 13.2. The van der Waals surface area contributed by atoms with Crippen LogP contribution >= 0.6 is 0 Å². The standard InChI is InChI=1S/C24H29FN2O4/c1-18(2)14-27(23(28)17-31-21-6-4-3-5-7-21)16-22-15-26(12-13-30-22)24(29)19-8-10-20(25)11-9-19/h3-11,18,22H,12-17H2,1-2H3. The zero-order valence-electron chi connectivity index (χ0n) is 18.0. The van der Waals surface area contributed by atoms with Crippen molar-refractivity contribution >= 4 is 11.8 Å². The van der Waals surface area contributed by atoms with Crippen molar-refractivity contribution in [3.63, 3.8) is 0 Å². The Labute approximate surface area is 182 Å². The molecule has 2 aromatic carbocycles. The first-order valence-electron chi connectivity index (χ1n) is 10.5. The largest absolute Gasteiger partial charge is 0.484 e. The van der Waals surface area contributed by atoms with Crippen molar-refractivity contribution < 1.29 is 23.5 Å². The summed E-state index contributed by atoms with van der Waals surface area (Å²) in [6.45, 7) is 6.21. The third-order valence-corrected chi connectivity index (χ3v) is 4.98. The highest BCUT2D eigenvalue weighted by atomic mass is 19.1. The van der Waals surface area contributed by atoms with Crippen LogP contribution in [0.1, 0.15) is 24.2 Å². The van der Waals surface area contributed by atoms with Gasteiger partial charge < -0.3 is 19.3 Å². The van der Waals surface area contributed by atoms with Crippen molar-refractivity contribution in [3.8, 4) is 5.75 Å². The highest BCUT2D eigenvalue weighted by Gasteiger charge is 2.28. The minimum absolute atomic E-state index is 0.0539. The van der Waals surface area contributed by atoms with Gasteiger partial charge in [0.15, 0.2) is 6.61 Å². The number of hydrogen-bond donors (Lipinski definition) is 0. The minimum atomic E-state index is -0.378. The molecule has 1 saturated heterocycles. The topological polar surface area (TPSA) is 59.1 Å². The summed E-state index contributed by atoms with van der Waals surface area (Å²) in [4.78, 5) is 29.0. The van der Waals surface area contributed by atoms with Gasteiger partial charge in [-0.2, -0.15) is 0 Å². The maximum absolute atomic E-state index is 13.2. The summed E-state index contributed by atoms with van der Waals surface area (Å²) < 4.78 is 24.6. The SMILES string of the molecule is CC(C)CN(CC1CN(C(=O)c2ccc(F)cc2)CCO1)C(=O)COc1ccccc1. The van der Waals surface area contributed by atoms with Gasteiger partial charge in [-0.1, -0.05) is 32.0 Å². The molecule has 0 spiro atoms. The lowest BCUT2D eigenvalue weighted by molar-refractivity contribution is -0.137. The fraction of sp³-hybridized carbons (Fsp3) is 0.417. The quantitative estimate of drug-likeness (QED) is 0.648. The van der Waals surface area contributed by atoms with Gasteiger partial charge in [-0.3, -0.25) is 9.59 Å². The van der Waals surface area contributed by atoms with Gasteiger partial charge in [-0.05, 0) is 42.3 Å². The molecule has 0 radical (unpaired) electrons. The molecule has 0 bridgehead atoms. The van der Waals surface area contributed by atoms with Gasteiger partial charge in [0, 0.05) is 31.7 Å². The lowest BCUT2D eigenvalue weighted by Crippen LogP contribution is -2.51. The number of hydrogen-bond acceptors (Lipinski definition) is 4. The Kier molecular flexibility index (Phi) is 8.00. The van der Waals surface area contributed by atoms with E-state index >= 15 is 0 Å². The van der Waals surface area contributed by atoms with E-state index in [0.717, 1.165) is 0 Å². The Morgan fingerprint density at radius 2 is 1.87 bits per heavy atom. The molecule has 1 fully saturated rings. The lowest BCUT2D eigenvalue weighted by Gasteiger charge is -2.36. The molecular weight excluding hydrogens is 399 g/mol. The zero-order chi connectivity index (χ0) is 22.2. The van der Waals surface area contributed by atoms with E-state index < -0.39 is 0 Å². The number of rotatable bonds is 8. The molecule has 0 N–H and O–H groups in total. The number of carbonyl (C=O) groups is 2. The molecule has 1 atom stereocenters. The Balaban J connectivity index is 1.60. The monoisotopic (exact) mass is 428 g/mol. The molecular formula is C24H29FN2O4. The first kappa shape index (κ1) is 22.7. The molecule has 0 saturated carbocycles. The van der Waals surface area contributed by atoms with Crippen LogP contribution in [0, 0.1) is 11.7 Å². The molecule has 2 aromatic rings. The lowest BCUT2D eigenvalue weighted by atomic mass is 10.1. The number of ether oxygens (including phenoxy) is 2. The third-order valence-electron chi connectivity index (χ3n) is 4.98. The average molecular weight is 429 g/mol. The van der Waals surface area contributed by atoms with Crippen LogP contribution in [0.15, 0.2) is 54.6 Å². The van der Waals surface area contributed by atoms with E-state index in [0.29, 0.717) is 44.1 Å². The van der Waals surface area contributed by atoms with Crippen molar-refractivity contribution in [2.24, 2.45) is 5.92 Å². The van der Waals surface area contributed by atoms with Gasteiger partial charge in [-0.15, -0.1) is 0 Å². The second-order valence-electron chi connectivity index (χ2n) is 8.05. The van der Waals surface area contributed by atoms with E-state index in [4.69, 9.17) is 9.47 Å². The normalized spacial score (nSPS) is 16.3. The fourth-order valence-electron chi connectivity index (χ4n) is 3.51. The summed E-state index contributed by atoms with van der Waals surface area (Å²) >= 11 is 0. The van der Waals surface area contributed by atoms with Gasteiger partial charge in [0.2, 0.25) is 0 Å². The molecule has 1 unspecified atom stereocenters. The van der Waals surface area contributed by atoms with E-state index in [-0.39, 0.29) is 36.3 Å². The van der Waals surface area contributed by atoms with Crippen molar-refractivity contribution in [1.29, 1.82) is 0 Å². The van der Waals surface area contributed by atoms with Crippen LogP contribution in [0.2, 0.25) is 0 Å². The van der Waals surface area contributed by atoms with Gasteiger partial charge in [-0.25, -0.2) is 4.39 Å². The first-order chi connectivity index (χ1) is 14.9. The van der Waals surface area contributed by atoms with Crippen LogP contribution in [0.25, 0.3) is 0 Å². The van der Waals surface area contributed by atoms with E-state index in [1.165, 1.54) is 24.3 Å². The highest BCUT2D eigenvalue weighted by Crippen LogP contribution is 2.14. The summed E-state index contributed by atoms with van der Waals surface area (Å²) in [6, 6.07) is 14.7. The Morgan fingerprint density at radius 3 is 2.55 bits per heavy atom. The zero-order valence-corrected chi connectivity index (χ0v) is 18.0. The average Bonchev–Trinajstić information content (AvgIpc) is 2.77. The minimum Gasteiger partial charge on any atom is -0.484 e. The molecule has 2 amide bonds. The van der Waals surface area contributed by atoms with E-state index in [2.05, 4.69) is 0 Å². The molecule has 1 aliphatic rings. The fourth-order valence-corrected chi connectivity index (χ4v) is 3.51.